The molecule has 0 aromatic heterocycles. The molecule has 1 atom stereocenters. The van der Waals surface area contributed by atoms with Gasteiger partial charge < -0.3 is 0 Å². The van der Waals surface area contributed by atoms with E-state index in [0.29, 0.717) is 5.41 Å². The number of benzene rings is 1. The van der Waals surface area contributed by atoms with E-state index >= 15 is 0 Å². The summed E-state index contributed by atoms with van der Waals surface area (Å²) in [5.74, 6) is 2.60. The van der Waals surface area contributed by atoms with E-state index in [1.165, 1.54) is 11.5 Å². The molecule has 0 aliphatic carbocycles. The third-order valence-corrected chi connectivity index (χ3v) is 17.2. The maximum atomic E-state index is 2.51. The zero-order valence-corrected chi connectivity index (χ0v) is 14.9. The fourth-order valence-electron chi connectivity index (χ4n) is 2.01. The average molecular weight is 318 g/mol. The molecular weight excluding hydrogens is 295 g/mol. The molecule has 1 aliphatic rings. The van der Waals surface area contributed by atoms with Crippen LogP contribution in [0.4, 0.5) is 0 Å². The molecule has 0 nitrogen and oxygen atoms in total. The Bertz CT molecular complexity index is 383. The summed E-state index contributed by atoms with van der Waals surface area (Å²) >= 11 is 6.48. The predicted molar refractivity (Wildman–Crippen MR) is 94.9 cm³/mol. The minimum absolute atomic E-state index is 0.506. The minimum Gasteiger partial charge on any atom is -0.105 e. The Labute approximate surface area is 125 Å². The van der Waals surface area contributed by atoms with Crippen LogP contribution in [0.15, 0.2) is 30.3 Å². The van der Waals surface area contributed by atoms with Crippen molar-refractivity contribution in [2.45, 2.75) is 18.2 Å². The maximum absolute atomic E-state index is 2.51. The van der Waals surface area contributed by atoms with Crippen molar-refractivity contribution in [3.05, 3.63) is 30.3 Å². The first-order chi connectivity index (χ1) is 8.48. The van der Waals surface area contributed by atoms with E-state index in [9.17, 15) is 0 Å². The lowest BCUT2D eigenvalue weighted by Gasteiger charge is -2.37. The molecule has 1 fully saturated rings. The highest BCUT2D eigenvalue weighted by Crippen LogP contribution is 2.75. The molecule has 18 heavy (non-hydrogen) atoms. The van der Waals surface area contributed by atoms with Crippen molar-refractivity contribution in [2.75, 3.05) is 24.4 Å². The third-order valence-electron chi connectivity index (χ3n) is 3.28. The first-order valence-electron chi connectivity index (χ1n) is 6.19. The fraction of sp³-hybridized carbons (Fsp3) is 0.571. The summed E-state index contributed by atoms with van der Waals surface area (Å²) in [6, 6.07) is 11.1. The Morgan fingerprint density at radius 3 is 2.22 bits per heavy atom. The van der Waals surface area contributed by atoms with Gasteiger partial charge in [0, 0.05) is 29.1 Å². The molecule has 100 valence electrons. The smallest absolute Gasteiger partial charge is 0.105 e. The third kappa shape index (κ3) is 3.23. The second kappa shape index (κ2) is 5.99. The molecule has 1 heterocycles. The van der Waals surface area contributed by atoms with Gasteiger partial charge in [0.05, 0.1) is 6.66 Å². The normalized spacial score (nSPS) is 23.6. The summed E-state index contributed by atoms with van der Waals surface area (Å²) in [5, 5.41) is 1.57. The average Bonchev–Trinajstić information content (AvgIpc) is 2.39. The van der Waals surface area contributed by atoms with Gasteiger partial charge in [0.2, 0.25) is 0 Å². The maximum Gasteiger partial charge on any atom is 0.174 e. The van der Waals surface area contributed by atoms with Gasteiger partial charge in [-0.2, -0.15) is 0 Å². The van der Waals surface area contributed by atoms with Crippen LogP contribution < -0.4 is 5.30 Å². The van der Waals surface area contributed by atoms with E-state index in [4.69, 9.17) is 0 Å². The van der Waals surface area contributed by atoms with Crippen molar-refractivity contribution in [2.24, 2.45) is 5.41 Å². The molecule has 0 N–H and O–H groups in total. The van der Waals surface area contributed by atoms with Gasteiger partial charge in [-0.3, -0.25) is 0 Å². The minimum atomic E-state index is -1.09. The van der Waals surface area contributed by atoms with Gasteiger partial charge in [-0.1, -0.05) is 32.0 Å². The fourth-order valence-corrected chi connectivity index (χ4v) is 13.3. The lowest BCUT2D eigenvalue weighted by molar-refractivity contribution is 0.490. The Morgan fingerprint density at radius 1 is 1.17 bits per heavy atom. The van der Waals surface area contributed by atoms with Crippen LogP contribution in [-0.4, -0.2) is 28.7 Å². The number of thioether (sulfide) groups is 2. The quantitative estimate of drug-likeness (QED) is 0.718. The van der Waals surface area contributed by atoms with Crippen molar-refractivity contribution in [1.82, 2.24) is 0 Å². The van der Waals surface area contributed by atoms with Crippen molar-refractivity contribution in [3.63, 3.8) is 0 Å². The monoisotopic (exact) mass is 317 g/mol. The van der Waals surface area contributed by atoms with E-state index in [2.05, 4.69) is 92.0 Å². The molecule has 1 aromatic rings. The predicted octanol–water partition coefficient (Wildman–Crippen LogP) is 5.03. The van der Waals surface area contributed by atoms with Gasteiger partial charge in [0.15, 0.2) is 4.32 Å². The summed E-state index contributed by atoms with van der Waals surface area (Å²) < 4.78 is 0.767. The van der Waals surface area contributed by atoms with E-state index < -0.39 is 6.46 Å². The lowest BCUT2D eigenvalue weighted by Crippen LogP contribution is -2.28. The first kappa shape index (κ1) is 15.1. The Kier molecular flexibility index (Phi) is 5.03. The highest BCUT2D eigenvalue weighted by atomic mass is 32.7. The number of hydrogen-bond donors (Lipinski definition) is 0. The SMILES string of the molecule is CS[P+](C)(c1ccccc1)C1SCC(C)(C)CS1. The zero-order valence-electron chi connectivity index (χ0n) is 11.6. The molecule has 0 radical (unpaired) electrons. The largest absolute Gasteiger partial charge is 0.174 e. The molecule has 0 saturated carbocycles. The van der Waals surface area contributed by atoms with Crippen LogP contribution in [0.2, 0.25) is 0 Å². The van der Waals surface area contributed by atoms with Gasteiger partial charge in [0.25, 0.3) is 0 Å². The van der Waals surface area contributed by atoms with Crippen molar-refractivity contribution in [1.29, 1.82) is 0 Å². The van der Waals surface area contributed by atoms with Crippen LogP contribution in [0.1, 0.15) is 13.8 Å². The van der Waals surface area contributed by atoms with Crippen molar-refractivity contribution < 1.29 is 0 Å². The number of rotatable bonds is 3. The van der Waals surface area contributed by atoms with Gasteiger partial charge in [-0.25, -0.2) is 0 Å². The van der Waals surface area contributed by atoms with Crippen LogP contribution in [-0.2, 0) is 0 Å². The van der Waals surface area contributed by atoms with Crippen LogP contribution in [0, 0.1) is 5.41 Å². The van der Waals surface area contributed by atoms with E-state index in [0.717, 1.165) is 4.32 Å². The Balaban J connectivity index is 2.19. The molecule has 1 aliphatic heterocycles. The van der Waals surface area contributed by atoms with Crippen molar-refractivity contribution in [3.8, 4) is 0 Å². The van der Waals surface area contributed by atoms with Crippen molar-refractivity contribution >= 4 is 46.7 Å². The molecule has 0 amide bonds. The van der Waals surface area contributed by atoms with E-state index in [1.54, 1.807) is 5.30 Å². The van der Waals surface area contributed by atoms with Gasteiger partial charge in [-0.15, -0.1) is 23.5 Å². The van der Waals surface area contributed by atoms with Crippen LogP contribution >= 0.6 is 41.4 Å². The Hall–Kier alpha value is 0.700. The zero-order chi connectivity index (χ0) is 13.2. The van der Waals surface area contributed by atoms with Crippen LogP contribution in [0.5, 0.6) is 0 Å². The second-order valence-corrected chi connectivity index (χ2v) is 15.5. The molecule has 0 bridgehead atoms. The summed E-state index contributed by atoms with van der Waals surface area (Å²) in [4.78, 5) is 0. The molecule has 1 unspecified atom stereocenters. The molecule has 1 saturated heterocycles. The number of hydrogen-bond acceptors (Lipinski definition) is 3. The molecular formula is C14H22PS3+. The molecule has 2 rings (SSSR count). The van der Waals surface area contributed by atoms with E-state index in [-0.39, 0.29) is 0 Å². The second-order valence-electron chi connectivity index (χ2n) is 5.60. The summed E-state index contributed by atoms with van der Waals surface area (Å²) in [5.41, 5.74) is 0.506. The van der Waals surface area contributed by atoms with E-state index in [1.807, 2.05) is 0 Å². The van der Waals surface area contributed by atoms with Gasteiger partial charge in [-0.05, 0) is 17.5 Å². The summed E-state index contributed by atoms with van der Waals surface area (Å²) in [6.45, 7) is 6.20. The van der Waals surface area contributed by atoms with Gasteiger partial charge >= 0.3 is 0 Å². The molecule has 4 heteroatoms. The van der Waals surface area contributed by atoms with Crippen LogP contribution in [0.25, 0.3) is 0 Å². The Morgan fingerprint density at radius 2 is 1.72 bits per heavy atom. The van der Waals surface area contributed by atoms with Crippen LogP contribution in [0.3, 0.4) is 0 Å². The summed E-state index contributed by atoms with van der Waals surface area (Å²) in [7, 11) is 0. The standard InChI is InChI=1S/C14H22PS3/c1-14(2)10-17-13(18-11-14)15(3,16-4)12-8-6-5-7-9-12/h5-9,13H,10-11H2,1-4H3/q+1. The highest BCUT2D eigenvalue weighted by molar-refractivity contribution is 8.68. The topological polar surface area (TPSA) is 0 Å². The highest BCUT2D eigenvalue weighted by Gasteiger charge is 2.47. The summed E-state index contributed by atoms with van der Waals surface area (Å²) in [6.07, 6.45) is 2.29. The lowest BCUT2D eigenvalue weighted by atomic mass is 10.0. The molecule has 0 spiro atoms. The first-order valence-corrected chi connectivity index (χ1v) is 12.4. The molecule has 1 aromatic carbocycles. The van der Waals surface area contributed by atoms with Gasteiger partial charge in [0.1, 0.15) is 11.8 Å².